The lowest BCUT2D eigenvalue weighted by atomic mass is 10.0. The Morgan fingerprint density at radius 1 is 1.19 bits per heavy atom. The topological polar surface area (TPSA) is 57.5 Å². The summed E-state index contributed by atoms with van der Waals surface area (Å²) in [6, 6.07) is 2.90. The van der Waals surface area contributed by atoms with Crippen LogP contribution in [0.4, 0.5) is 0 Å². The first-order valence-electron chi connectivity index (χ1n) is 7.84. The Balaban J connectivity index is 1.50. The van der Waals surface area contributed by atoms with Crippen molar-refractivity contribution >= 4 is 0 Å². The maximum Gasteiger partial charge on any atom is 0.248 e. The Labute approximate surface area is 126 Å². The predicted molar refractivity (Wildman–Crippen MR) is 79.3 cm³/mol. The van der Waals surface area contributed by atoms with Crippen LogP contribution in [0, 0.1) is 11.3 Å². The molecule has 5 heteroatoms. The second-order valence-electron chi connectivity index (χ2n) is 5.91. The van der Waals surface area contributed by atoms with E-state index in [9.17, 15) is 5.26 Å². The summed E-state index contributed by atoms with van der Waals surface area (Å²) in [5, 5.41) is 12.4. The molecule has 1 atom stereocenters. The van der Waals surface area contributed by atoms with Crippen molar-refractivity contribution in [1.29, 1.82) is 5.26 Å². The molecule has 1 unspecified atom stereocenters. The van der Waals surface area contributed by atoms with Crippen molar-refractivity contribution in [3.63, 3.8) is 0 Å². The van der Waals surface area contributed by atoms with E-state index < -0.39 is 5.72 Å². The van der Waals surface area contributed by atoms with E-state index in [0.29, 0.717) is 6.04 Å². The fourth-order valence-electron chi connectivity index (χ4n) is 3.31. The third-order valence-electron chi connectivity index (χ3n) is 4.54. The molecule has 5 nitrogen and oxygen atoms in total. The largest absolute Gasteiger partial charge is 0.381 e. The number of hydrogen-bond donors (Lipinski definition) is 1. The highest BCUT2D eigenvalue weighted by Crippen LogP contribution is 2.24. The predicted octanol–water partition coefficient (Wildman–Crippen LogP) is 1.54. The molecular formula is C16H23N3O2. The van der Waals surface area contributed by atoms with Gasteiger partial charge in [0.15, 0.2) is 0 Å². The van der Waals surface area contributed by atoms with Crippen LogP contribution in [-0.4, -0.2) is 49.1 Å². The molecule has 3 rings (SSSR count). The molecule has 0 saturated carbocycles. The van der Waals surface area contributed by atoms with Crippen molar-refractivity contribution in [1.82, 2.24) is 10.2 Å². The molecule has 0 spiro atoms. The van der Waals surface area contributed by atoms with Gasteiger partial charge in [0.05, 0.1) is 6.10 Å². The SMILES string of the molecule is N#CC1(OC2CCN(C3CCOCC3)CC2)C=CC=CN1. The lowest BCUT2D eigenvalue weighted by molar-refractivity contribution is -0.0763. The monoisotopic (exact) mass is 289 g/mol. The molecule has 0 aliphatic carbocycles. The van der Waals surface area contributed by atoms with E-state index in [1.165, 1.54) is 0 Å². The van der Waals surface area contributed by atoms with Gasteiger partial charge in [-0.1, -0.05) is 6.08 Å². The van der Waals surface area contributed by atoms with Crippen LogP contribution in [0.1, 0.15) is 25.7 Å². The van der Waals surface area contributed by atoms with Crippen LogP contribution < -0.4 is 5.32 Å². The molecule has 2 saturated heterocycles. The Morgan fingerprint density at radius 2 is 1.95 bits per heavy atom. The number of allylic oxidation sites excluding steroid dienone is 2. The summed E-state index contributed by atoms with van der Waals surface area (Å²) in [7, 11) is 0. The zero-order chi connectivity index (χ0) is 14.5. The average molecular weight is 289 g/mol. The number of ether oxygens (including phenoxy) is 2. The van der Waals surface area contributed by atoms with Crippen molar-refractivity contribution in [2.75, 3.05) is 26.3 Å². The standard InChI is InChI=1S/C16H23N3O2/c17-13-16(7-1-2-8-18-16)21-15-3-9-19(10-4-15)14-5-11-20-12-6-14/h1-2,7-8,14-15,18H,3-6,9-12H2. The number of nitriles is 1. The van der Waals surface area contributed by atoms with Crippen LogP contribution in [0.3, 0.4) is 0 Å². The molecule has 21 heavy (non-hydrogen) atoms. The van der Waals surface area contributed by atoms with Crippen molar-refractivity contribution in [3.05, 3.63) is 24.4 Å². The summed E-state index contributed by atoms with van der Waals surface area (Å²) >= 11 is 0. The average Bonchev–Trinajstić information content (AvgIpc) is 2.57. The smallest absolute Gasteiger partial charge is 0.248 e. The summed E-state index contributed by atoms with van der Waals surface area (Å²) in [5.74, 6) is 0. The number of nitrogens with zero attached hydrogens (tertiary/aromatic N) is 2. The lowest BCUT2D eigenvalue weighted by Crippen LogP contribution is -2.50. The number of piperidine rings is 1. The zero-order valence-corrected chi connectivity index (χ0v) is 12.3. The van der Waals surface area contributed by atoms with E-state index in [0.717, 1.165) is 52.0 Å². The summed E-state index contributed by atoms with van der Waals surface area (Å²) in [4.78, 5) is 2.56. The molecule has 0 amide bonds. The molecule has 0 bridgehead atoms. The molecule has 0 aromatic carbocycles. The van der Waals surface area contributed by atoms with Gasteiger partial charge < -0.3 is 19.7 Å². The third kappa shape index (κ3) is 3.46. The number of nitrogens with one attached hydrogen (secondary N) is 1. The summed E-state index contributed by atoms with van der Waals surface area (Å²) in [5.41, 5.74) is -0.986. The second kappa shape index (κ2) is 6.61. The minimum absolute atomic E-state index is 0.143. The molecular weight excluding hydrogens is 266 g/mol. The molecule has 3 aliphatic heterocycles. The van der Waals surface area contributed by atoms with E-state index >= 15 is 0 Å². The van der Waals surface area contributed by atoms with Gasteiger partial charge in [-0.25, -0.2) is 0 Å². The molecule has 114 valence electrons. The number of rotatable bonds is 3. The highest BCUT2D eigenvalue weighted by molar-refractivity contribution is 5.24. The van der Waals surface area contributed by atoms with Crippen molar-refractivity contribution < 1.29 is 9.47 Å². The minimum Gasteiger partial charge on any atom is -0.381 e. The van der Waals surface area contributed by atoms with E-state index in [2.05, 4.69) is 16.3 Å². The second-order valence-corrected chi connectivity index (χ2v) is 5.91. The van der Waals surface area contributed by atoms with Gasteiger partial charge in [0, 0.05) is 38.5 Å². The Morgan fingerprint density at radius 3 is 2.57 bits per heavy atom. The molecule has 0 aromatic heterocycles. The van der Waals surface area contributed by atoms with E-state index in [1.54, 1.807) is 12.3 Å². The van der Waals surface area contributed by atoms with Crippen LogP contribution in [0.5, 0.6) is 0 Å². The van der Waals surface area contributed by atoms with Gasteiger partial charge in [0.2, 0.25) is 5.72 Å². The van der Waals surface area contributed by atoms with E-state index in [-0.39, 0.29) is 6.10 Å². The third-order valence-corrected chi connectivity index (χ3v) is 4.54. The van der Waals surface area contributed by atoms with Gasteiger partial charge in [-0.2, -0.15) is 5.26 Å². The summed E-state index contributed by atoms with van der Waals surface area (Å²) < 4.78 is 11.5. The van der Waals surface area contributed by atoms with Crippen LogP contribution >= 0.6 is 0 Å². The lowest BCUT2D eigenvalue weighted by Gasteiger charge is -2.40. The van der Waals surface area contributed by atoms with E-state index in [4.69, 9.17) is 9.47 Å². The fourth-order valence-corrected chi connectivity index (χ4v) is 3.31. The van der Waals surface area contributed by atoms with Crippen LogP contribution in [-0.2, 0) is 9.47 Å². The molecule has 0 radical (unpaired) electrons. The summed E-state index contributed by atoms with van der Waals surface area (Å²) in [6.45, 7) is 3.88. The Bertz CT molecular complexity index is 443. The minimum atomic E-state index is -0.986. The molecule has 2 fully saturated rings. The van der Waals surface area contributed by atoms with E-state index in [1.807, 2.05) is 12.2 Å². The van der Waals surface area contributed by atoms with Gasteiger partial charge in [-0.3, -0.25) is 0 Å². The van der Waals surface area contributed by atoms with Gasteiger partial charge in [0.25, 0.3) is 0 Å². The number of likely N-dealkylation sites (tertiary alicyclic amines) is 1. The molecule has 0 aromatic rings. The molecule has 3 heterocycles. The maximum atomic E-state index is 9.38. The molecule has 1 N–H and O–H groups in total. The van der Waals surface area contributed by atoms with Crippen LogP contribution in [0.2, 0.25) is 0 Å². The first kappa shape index (κ1) is 14.6. The summed E-state index contributed by atoms with van der Waals surface area (Å²) in [6.07, 6.45) is 11.7. The van der Waals surface area contributed by atoms with Crippen LogP contribution in [0.15, 0.2) is 24.4 Å². The van der Waals surface area contributed by atoms with Gasteiger partial charge in [-0.05, 0) is 37.8 Å². The quantitative estimate of drug-likeness (QED) is 0.854. The Hall–Kier alpha value is -1.35. The highest BCUT2D eigenvalue weighted by atomic mass is 16.5. The first-order chi connectivity index (χ1) is 10.3. The Kier molecular flexibility index (Phi) is 4.59. The van der Waals surface area contributed by atoms with Gasteiger partial charge in [-0.15, -0.1) is 0 Å². The number of dihydropyridines is 1. The number of hydrogen-bond acceptors (Lipinski definition) is 5. The maximum absolute atomic E-state index is 9.38. The van der Waals surface area contributed by atoms with Crippen molar-refractivity contribution in [3.8, 4) is 6.07 Å². The normalized spacial score (nSPS) is 31.8. The highest BCUT2D eigenvalue weighted by Gasteiger charge is 2.34. The fraction of sp³-hybridized carbons (Fsp3) is 0.688. The zero-order valence-electron chi connectivity index (χ0n) is 12.3. The van der Waals surface area contributed by atoms with Gasteiger partial charge in [0.1, 0.15) is 6.07 Å². The first-order valence-corrected chi connectivity index (χ1v) is 7.84. The van der Waals surface area contributed by atoms with Crippen LogP contribution in [0.25, 0.3) is 0 Å². The van der Waals surface area contributed by atoms with Gasteiger partial charge >= 0.3 is 0 Å². The molecule has 3 aliphatic rings. The van der Waals surface area contributed by atoms with Crippen molar-refractivity contribution in [2.45, 2.75) is 43.6 Å². The van der Waals surface area contributed by atoms with Crippen molar-refractivity contribution in [2.24, 2.45) is 0 Å².